The molecular weight excluding hydrogens is 246 g/mol. The molecule has 1 heterocycles. The molecule has 0 fully saturated rings. The Morgan fingerprint density at radius 2 is 2.06 bits per heavy atom. The number of hydrogen-bond acceptors (Lipinski definition) is 4. The third-order valence-corrected chi connectivity index (χ3v) is 3.88. The van der Waals surface area contributed by atoms with Gasteiger partial charge in [0.2, 0.25) is 0 Å². The molecule has 1 aromatic rings. The largest absolute Gasteiger partial charge is 0.382 e. The molecule has 0 aliphatic rings. The van der Waals surface area contributed by atoms with Crippen LogP contribution in [0, 0.1) is 13.8 Å². The van der Waals surface area contributed by atoms with Gasteiger partial charge in [-0.05, 0) is 45.4 Å². The van der Waals surface area contributed by atoms with Crippen molar-refractivity contribution >= 4 is 11.3 Å². The van der Waals surface area contributed by atoms with E-state index in [4.69, 9.17) is 9.47 Å². The van der Waals surface area contributed by atoms with Crippen LogP contribution >= 0.6 is 11.3 Å². The van der Waals surface area contributed by atoms with E-state index in [-0.39, 0.29) is 0 Å². The summed E-state index contributed by atoms with van der Waals surface area (Å²) in [4.78, 5) is 2.81. The highest BCUT2D eigenvalue weighted by molar-refractivity contribution is 7.12. The Hall–Kier alpha value is -0.420. The van der Waals surface area contributed by atoms with Crippen molar-refractivity contribution in [2.24, 2.45) is 0 Å². The zero-order valence-corrected chi connectivity index (χ0v) is 12.7. The molecule has 0 saturated heterocycles. The van der Waals surface area contributed by atoms with Gasteiger partial charge >= 0.3 is 0 Å². The van der Waals surface area contributed by atoms with Crippen LogP contribution in [0.25, 0.3) is 0 Å². The molecule has 0 radical (unpaired) electrons. The predicted octanol–water partition coefficient (Wildman–Crippen LogP) is 3.07. The summed E-state index contributed by atoms with van der Waals surface area (Å²) in [6.45, 7) is 9.73. The van der Waals surface area contributed by atoms with Crippen LogP contribution in [0.15, 0.2) is 6.07 Å². The molecule has 0 aromatic carbocycles. The summed E-state index contributed by atoms with van der Waals surface area (Å²) in [5.41, 5.74) is 1.43. The Balaban J connectivity index is 2.14. The summed E-state index contributed by atoms with van der Waals surface area (Å²) >= 11 is 1.87. The van der Waals surface area contributed by atoms with E-state index in [2.05, 4.69) is 32.2 Å². The smallest absolute Gasteiger partial charge is 0.0700 e. The number of hydrogen-bond donors (Lipinski definition) is 1. The van der Waals surface area contributed by atoms with Crippen LogP contribution in [-0.4, -0.2) is 33.5 Å². The quantitative estimate of drug-likeness (QED) is 0.700. The lowest BCUT2D eigenvalue weighted by atomic mass is 10.1. The van der Waals surface area contributed by atoms with Gasteiger partial charge in [-0.25, -0.2) is 0 Å². The van der Waals surface area contributed by atoms with E-state index >= 15 is 0 Å². The van der Waals surface area contributed by atoms with E-state index < -0.39 is 0 Å². The fourth-order valence-corrected chi connectivity index (χ4v) is 2.95. The van der Waals surface area contributed by atoms with E-state index in [1.165, 1.54) is 15.3 Å². The van der Waals surface area contributed by atoms with Crippen molar-refractivity contribution in [2.45, 2.75) is 33.2 Å². The van der Waals surface area contributed by atoms with Crippen molar-refractivity contribution in [3.8, 4) is 0 Å². The Bertz CT molecular complexity index is 339. The number of ether oxygens (including phenoxy) is 2. The van der Waals surface area contributed by atoms with Gasteiger partial charge in [0.1, 0.15) is 0 Å². The van der Waals surface area contributed by atoms with Gasteiger partial charge in [0.25, 0.3) is 0 Å². The van der Waals surface area contributed by atoms with E-state index in [9.17, 15) is 0 Å². The summed E-state index contributed by atoms with van der Waals surface area (Å²) in [5, 5.41) is 3.54. The van der Waals surface area contributed by atoms with Gasteiger partial charge in [-0.15, -0.1) is 11.3 Å². The molecule has 0 bridgehead atoms. The van der Waals surface area contributed by atoms with Gasteiger partial charge in [0.15, 0.2) is 0 Å². The molecule has 1 unspecified atom stereocenters. The number of rotatable bonds is 9. The zero-order chi connectivity index (χ0) is 13.4. The van der Waals surface area contributed by atoms with Crippen molar-refractivity contribution in [1.82, 2.24) is 5.32 Å². The molecule has 0 spiro atoms. The maximum absolute atomic E-state index is 5.43. The van der Waals surface area contributed by atoms with Crippen LogP contribution in [-0.2, 0) is 9.47 Å². The molecule has 4 heteroatoms. The molecule has 0 amide bonds. The highest BCUT2D eigenvalue weighted by Crippen LogP contribution is 2.25. The average molecular weight is 271 g/mol. The van der Waals surface area contributed by atoms with E-state index in [0.29, 0.717) is 19.3 Å². The lowest BCUT2D eigenvalue weighted by Gasteiger charge is -2.13. The standard InChI is InChI=1S/C14H25NO2S/c1-11-10-14(13(3)18-11)12(2)15-6-5-7-17-9-8-16-4/h10,12,15H,5-9H2,1-4H3. The Kier molecular flexibility index (Phi) is 7.51. The van der Waals surface area contributed by atoms with Crippen LogP contribution < -0.4 is 5.32 Å². The summed E-state index contributed by atoms with van der Waals surface area (Å²) < 4.78 is 10.3. The lowest BCUT2D eigenvalue weighted by Crippen LogP contribution is -2.21. The van der Waals surface area contributed by atoms with Gasteiger partial charge in [-0.3, -0.25) is 0 Å². The lowest BCUT2D eigenvalue weighted by molar-refractivity contribution is 0.0693. The molecule has 1 N–H and O–H groups in total. The maximum atomic E-state index is 5.43. The normalized spacial score (nSPS) is 12.9. The number of thiophene rings is 1. The minimum Gasteiger partial charge on any atom is -0.382 e. The van der Waals surface area contributed by atoms with Gasteiger partial charge in [0, 0.05) is 29.5 Å². The maximum Gasteiger partial charge on any atom is 0.0700 e. The molecular formula is C14H25NO2S. The van der Waals surface area contributed by atoms with E-state index in [0.717, 1.165) is 19.6 Å². The molecule has 0 aliphatic carbocycles. The van der Waals surface area contributed by atoms with Crippen molar-refractivity contribution in [1.29, 1.82) is 0 Å². The van der Waals surface area contributed by atoms with Crippen LogP contribution in [0.4, 0.5) is 0 Å². The number of methoxy groups -OCH3 is 1. The molecule has 1 rings (SSSR count). The van der Waals surface area contributed by atoms with Gasteiger partial charge < -0.3 is 14.8 Å². The summed E-state index contributed by atoms with van der Waals surface area (Å²) in [6.07, 6.45) is 1.04. The van der Waals surface area contributed by atoms with Crippen molar-refractivity contribution in [3.63, 3.8) is 0 Å². The second kappa shape index (κ2) is 8.64. The molecule has 1 atom stereocenters. The minimum atomic E-state index is 0.425. The Labute approximate surface area is 114 Å². The monoisotopic (exact) mass is 271 g/mol. The van der Waals surface area contributed by atoms with Gasteiger partial charge in [-0.1, -0.05) is 0 Å². The van der Waals surface area contributed by atoms with Gasteiger partial charge in [-0.2, -0.15) is 0 Å². The Morgan fingerprint density at radius 1 is 1.28 bits per heavy atom. The van der Waals surface area contributed by atoms with Crippen LogP contribution in [0.1, 0.15) is 34.7 Å². The highest BCUT2D eigenvalue weighted by atomic mass is 32.1. The highest BCUT2D eigenvalue weighted by Gasteiger charge is 2.09. The van der Waals surface area contributed by atoms with Gasteiger partial charge in [0.05, 0.1) is 13.2 Å². The first kappa shape index (κ1) is 15.6. The Morgan fingerprint density at radius 3 is 2.67 bits per heavy atom. The summed E-state index contributed by atoms with van der Waals surface area (Å²) in [6, 6.07) is 2.71. The summed E-state index contributed by atoms with van der Waals surface area (Å²) in [5.74, 6) is 0. The summed E-state index contributed by atoms with van der Waals surface area (Å²) in [7, 11) is 1.69. The SMILES string of the molecule is COCCOCCCNC(C)c1cc(C)sc1C. The predicted molar refractivity (Wildman–Crippen MR) is 77.5 cm³/mol. The number of nitrogens with one attached hydrogen (secondary N) is 1. The minimum absolute atomic E-state index is 0.425. The van der Waals surface area contributed by atoms with E-state index in [1.807, 2.05) is 11.3 Å². The van der Waals surface area contributed by atoms with Crippen LogP contribution in [0.3, 0.4) is 0 Å². The second-order valence-corrected chi connectivity index (χ2v) is 5.96. The second-order valence-electron chi connectivity index (χ2n) is 4.50. The zero-order valence-electron chi connectivity index (χ0n) is 11.9. The van der Waals surface area contributed by atoms with Crippen molar-refractivity contribution in [2.75, 3.05) is 33.5 Å². The molecule has 18 heavy (non-hydrogen) atoms. The molecule has 0 saturated carbocycles. The van der Waals surface area contributed by atoms with E-state index in [1.54, 1.807) is 7.11 Å². The first-order chi connectivity index (χ1) is 8.65. The van der Waals surface area contributed by atoms with Crippen LogP contribution in [0.5, 0.6) is 0 Å². The average Bonchev–Trinajstić information content (AvgIpc) is 2.67. The third-order valence-electron chi connectivity index (χ3n) is 2.89. The molecule has 1 aromatic heterocycles. The first-order valence-corrected chi connectivity index (χ1v) is 7.33. The molecule has 104 valence electrons. The molecule has 3 nitrogen and oxygen atoms in total. The topological polar surface area (TPSA) is 30.5 Å². The van der Waals surface area contributed by atoms with Crippen LogP contribution in [0.2, 0.25) is 0 Å². The first-order valence-electron chi connectivity index (χ1n) is 6.52. The number of aryl methyl sites for hydroxylation is 2. The molecule has 0 aliphatic heterocycles. The van der Waals surface area contributed by atoms with Crippen molar-refractivity contribution < 1.29 is 9.47 Å². The van der Waals surface area contributed by atoms with Crippen molar-refractivity contribution in [3.05, 3.63) is 21.4 Å². The third kappa shape index (κ3) is 5.48. The fraction of sp³-hybridized carbons (Fsp3) is 0.714. The fourth-order valence-electron chi connectivity index (χ4n) is 1.93.